The number of ketones is 1. The number of carboxylic acid groups (broad SMARTS) is 1. The zero-order chi connectivity index (χ0) is 16.1. The van der Waals surface area contributed by atoms with Crippen molar-refractivity contribution < 1.29 is 19.8 Å². The highest BCUT2D eigenvalue weighted by Crippen LogP contribution is 2.38. The molecule has 22 heavy (non-hydrogen) atoms. The van der Waals surface area contributed by atoms with Crippen LogP contribution in [0, 0.1) is 5.92 Å². The average molecular weight is 336 g/mol. The van der Waals surface area contributed by atoms with Gasteiger partial charge in [0, 0.05) is 6.42 Å². The molecule has 0 saturated carbocycles. The number of benzene rings is 1. The highest BCUT2D eigenvalue weighted by atomic mass is 32.2. The van der Waals surface area contributed by atoms with Gasteiger partial charge in [-0.05, 0) is 36.6 Å². The van der Waals surface area contributed by atoms with Crippen LogP contribution in [0.25, 0.3) is 6.08 Å². The molecule has 116 valence electrons. The Morgan fingerprint density at radius 1 is 1.27 bits per heavy atom. The van der Waals surface area contributed by atoms with Crippen LogP contribution in [0.3, 0.4) is 0 Å². The summed E-state index contributed by atoms with van der Waals surface area (Å²) >= 11 is 6.59. The number of hydrogen-bond acceptors (Lipinski definition) is 5. The van der Waals surface area contributed by atoms with Crippen molar-refractivity contribution in [2.75, 3.05) is 0 Å². The summed E-state index contributed by atoms with van der Waals surface area (Å²) in [6.45, 7) is 0. The molecule has 0 bridgehead atoms. The molecule has 2 rings (SSSR count). The highest BCUT2D eigenvalue weighted by molar-refractivity contribution is 8.27. The normalized spacial score (nSPS) is 19.8. The van der Waals surface area contributed by atoms with Crippen molar-refractivity contribution in [2.45, 2.75) is 25.7 Å². The molecule has 0 amide bonds. The zero-order valence-corrected chi connectivity index (χ0v) is 13.5. The van der Waals surface area contributed by atoms with Crippen LogP contribution in [0.5, 0.6) is 5.75 Å². The number of Topliss-reactive ketones (excluding diaryl/α,β-unsaturated/α-hetero) is 1. The summed E-state index contributed by atoms with van der Waals surface area (Å²) in [5, 5.41) is 17.9. The fourth-order valence-electron chi connectivity index (χ4n) is 2.20. The summed E-state index contributed by atoms with van der Waals surface area (Å²) in [5.74, 6) is -0.919. The van der Waals surface area contributed by atoms with Gasteiger partial charge in [0.1, 0.15) is 5.75 Å². The maximum atomic E-state index is 12.4. The highest BCUT2D eigenvalue weighted by Gasteiger charge is 2.34. The lowest BCUT2D eigenvalue weighted by molar-refractivity contribution is -0.137. The van der Waals surface area contributed by atoms with E-state index in [2.05, 4.69) is 0 Å². The van der Waals surface area contributed by atoms with Gasteiger partial charge in [-0.25, -0.2) is 0 Å². The summed E-state index contributed by atoms with van der Waals surface area (Å²) in [6, 6.07) is 6.61. The molecule has 1 fully saturated rings. The summed E-state index contributed by atoms with van der Waals surface area (Å²) in [6.07, 6.45) is 3.73. The Balaban J connectivity index is 1.99. The van der Waals surface area contributed by atoms with Gasteiger partial charge in [0.15, 0.2) is 5.78 Å². The topological polar surface area (TPSA) is 74.6 Å². The minimum atomic E-state index is -0.817. The second kappa shape index (κ2) is 7.56. The van der Waals surface area contributed by atoms with Crippen LogP contribution in [0.2, 0.25) is 0 Å². The molecular weight excluding hydrogens is 320 g/mol. The standard InChI is InChI=1S/C16H16O4S2/c17-11-7-5-10(6-8-11)9-13-15(20)12(16(21)22-13)3-1-2-4-14(18)19/h5-9,12,17H,1-4H2,(H,18,19)/b13-9-. The minimum absolute atomic E-state index is 0.0124. The maximum Gasteiger partial charge on any atom is 0.303 e. The van der Waals surface area contributed by atoms with Gasteiger partial charge < -0.3 is 10.2 Å². The molecule has 1 aromatic rings. The molecular formula is C16H16O4S2. The molecule has 1 aliphatic rings. The monoisotopic (exact) mass is 336 g/mol. The number of allylic oxidation sites excluding steroid dienone is 1. The number of rotatable bonds is 6. The molecule has 0 spiro atoms. The molecule has 0 aromatic heterocycles. The first kappa shape index (κ1) is 16.7. The molecule has 2 N–H and O–H groups in total. The average Bonchev–Trinajstić information content (AvgIpc) is 2.72. The summed E-state index contributed by atoms with van der Waals surface area (Å²) in [7, 11) is 0. The molecule has 4 nitrogen and oxygen atoms in total. The lowest BCUT2D eigenvalue weighted by Crippen LogP contribution is -2.13. The fourth-order valence-corrected chi connectivity index (χ4v) is 3.72. The molecule has 6 heteroatoms. The number of thioether (sulfide) groups is 1. The molecule has 1 atom stereocenters. The predicted molar refractivity (Wildman–Crippen MR) is 90.9 cm³/mol. The van der Waals surface area contributed by atoms with Crippen LogP contribution < -0.4 is 0 Å². The predicted octanol–water partition coefficient (Wildman–Crippen LogP) is 3.64. The largest absolute Gasteiger partial charge is 0.508 e. The van der Waals surface area contributed by atoms with Gasteiger partial charge in [0.2, 0.25) is 0 Å². The van der Waals surface area contributed by atoms with E-state index in [1.54, 1.807) is 30.3 Å². The Bertz CT molecular complexity index is 620. The number of phenols is 1. The van der Waals surface area contributed by atoms with Crippen LogP contribution in [0.4, 0.5) is 0 Å². The third kappa shape index (κ3) is 4.42. The van der Waals surface area contributed by atoms with Crippen molar-refractivity contribution in [3.05, 3.63) is 34.7 Å². The third-order valence-electron chi connectivity index (χ3n) is 3.38. The van der Waals surface area contributed by atoms with Crippen LogP contribution in [-0.4, -0.2) is 26.2 Å². The number of carbonyl (C=O) groups excluding carboxylic acids is 1. The van der Waals surface area contributed by atoms with Gasteiger partial charge in [-0.3, -0.25) is 9.59 Å². The zero-order valence-electron chi connectivity index (χ0n) is 11.8. The van der Waals surface area contributed by atoms with Crippen molar-refractivity contribution in [2.24, 2.45) is 5.92 Å². The quantitative estimate of drug-likeness (QED) is 0.469. The molecule has 1 saturated heterocycles. The van der Waals surface area contributed by atoms with Crippen LogP contribution in [0.15, 0.2) is 29.2 Å². The van der Waals surface area contributed by atoms with E-state index >= 15 is 0 Å². The summed E-state index contributed by atoms with van der Waals surface area (Å²) < 4.78 is 0.658. The summed E-state index contributed by atoms with van der Waals surface area (Å²) in [4.78, 5) is 23.5. The third-order valence-corrected chi connectivity index (χ3v) is 4.94. The first-order valence-electron chi connectivity index (χ1n) is 6.96. The van der Waals surface area contributed by atoms with Crippen molar-refractivity contribution in [3.63, 3.8) is 0 Å². The number of carboxylic acids is 1. The van der Waals surface area contributed by atoms with Gasteiger partial charge in [-0.1, -0.05) is 42.5 Å². The number of carbonyl (C=O) groups is 2. The van der Waals surface area contributed by atoms with E-state index in [0.717, 1.165) is 5.56 Å². The van der Waals surface area contributed by atoms with E-state index in [1.807, 2.05) is 0 Å². The SMILES string of the molecule is O=C(O)CCCCC1C(=O)/C(=C/c2ccc(O)cc2)SC1=S. The minimum Gasteiger partial charge on any atom is -0.508 e. The van der Waals surface area contributed by atoms with E-state index in [9.17, 15) is 14.7 Å². The fraction of sp³-hybridized carbons (Fsp3) is 0.312. The van der Waals surface area contributed by atoms with E-state index in [4.69, 9.17) is 17.3 Å². The molecule has 1 aromatic carbocycles. The van der Waals surface area contributed by atoms with Crippen molar-refractivity contribution in [1.82, 2.24) is 0 Å². The van der Waals surface area contributed by atoms with E-state index in [-0.39, 0.29) is 23.9 Å². The first-order chi connectivity index (χ1) is 10.5. The smallest absolute Gasteiger partial charge is 0.303 e. The number of unbranched alkanes of at least 4 members (excludes halogenated alkanes) is 1. The van der Waals surface area contributed by atoms with Crippen molar-refractivity contribution in [3.8, 4) is 5.75 Å². The second-order valence-electron chi connectivity index (χ2n) is 5.08. The Morgan fingerprint density at radius 2 is 1.95 bits per heavy atom. The van der Waals surface area contributed by atoms with Crippen LogP contribution in [0.1, 0.15) is 31.2 Å². The number of aromatic hydroxyl groups is 1. The van der Waals surface area contributed by atoms with E-state index in [1.165, 1.54) is 11.8 Å². The van der Waals surface area contributed by atoms with Gasteiger partial charge in [-0.2, -0.15) is 0 Å². The molecule has 1 unspecified atom stereocenters. The number of aliphatic carboxylic acids is 1. The van der Waals surface area contributed by atoms with Gasteiger partial charge in [-0.15, -0.1) is 0 Å². The number of hydrogen-bond donors (Lipinski definition) is 2. The van der Waals surface area contributed by atoms with E-state index < -0.39 is 5.97 Å². The van der Waals surface area contributed by atoms with Crippen LogP contribution in [-0.2, 0) is 9.59 Å². The van der Waals surface area contributed by atoms with Gasteiger partial charge >= 0.3 is 5.97 Å². The van der Waals surface area contributed by atoms with Gasteiger partial charge in [0.05, 0.1) is 15.0 Å². The van der Waals surface area contributed by atoms with Gasteiger partial charge in [0.25, 0.3) is 0 Å². The Hall–Kier alpha value is -1.66. The molecule has 1 heterocycles. The first-order valence-corrected chi connectivity index (χ1v) is 8.18. The van der Waals surface area contributed by atoms with E-state index in [0.29, 0.717) is 28.4 Å². The Labute approximate surface area is 138 Å². The maximum absolute atomic E-state index is 12.4. The van der Waals surface area contributed by atoms with Crippen molar-refractivity contribution >= 4 is 46.0 Å². The molecule has 0 radical (unpaired) electrons. The summed E-state index contributed by atoms with van der Waals surface area (Å²) in [5.41, 5.74) is 0.836. The molecule has 1 aliphatic heterocycles. The number of thiocarbonyl (C=S) groups is 1. The Kier molecular flexibility index (Phi) is 5.74. The van der Waals surface area contributed by atoms with Crippen molar-refractivity contribution in [1.29, 1.82) is 0 Å². The molecule has 0 aliphatic carbocycles. The second-order valence-corrected chi connectivity index (χ2v) is 6.86. The Morgan fingerprint density at radius 3 is 2.59 bits per heavy atom. The van der Waals surface area contributed by atoms with Crippen LogP contribution >= 0.6 is 24.0 Å². The number of phenolic OH excluding ortho intramolecular Hbond substituents is 1. The lowest BCUT2D eigenvalue weighted by Gasteiger charge is -2.05. The lowest BCUT2D eigenvalue weighted by atomic mass is 9.98.